The number of hydrogen-bond acceptors (Lipinski definition) is 2. The minimum Gasteiger partial charge on any atom is -0.135 e. The summed E-state index contributed by atoms with van der Waals surface area (Å²) in [7, 11) is 0. The zero-order valence-corrected chi connectivity index (χ0v) is 21.0. The van der Waals surface area contributed by atoms with Crippen molar-refractivity contribution < 1.29 is 0 Å². The average molecular weight is 493 g/mol. The molecular formula is C34H20S2. The number of fused-ring (bicyclic) bond motifs is 5. The van der Waals surface area contributed by atoms with E-state index in [2.05, 4.69) is 121 Å². The molecule has 0 amide bonds. The molecule has 1 aliphatic heterocycles. The van der Waals surface area contributed by atoms with E-state index in [1.807, 2.05) is 23.1 Å². The molecule has 0 atom stereocenters. The van der Waals surface area contributed by atoms with E-state index in [9.17, 15) is 0 Å². The van der Waals surface area contributed by atoms with Crippen LogP contribution in [-0.4, -0.2) is 0 Å². The van der Waals surface area contributed by atoms with Crippen molar-refractivity contribution in [3.05, 3.63) is 121 Å². The van der Waals surface area contributed by atoms with Crippen molar-refractivity contribution in [2.75, 3.05) is 0 Å². The highest BCUT2D eigenvalue weighted by atomic mass is 32.2. The maximum absolute atomic E-state index is 2.30. The summed E-state index contributed by atoms with van der Waals surface area (Å²) in [6.07, 6.45) is 0. The van der Waals surface area contributed by atoms with Gasteiger partial charge in [0, 0.05) is 35.3 Å². The Kier molecular flexibility index (Phi) is 4.42. The molecule has 7 aromatic rings. The van der Waals surface area contributed by atoms with Crippen molar-refractivity contribution in [1.29, 1.82) is 0 Å². The van der Waals surface area contributed by atoms with Crippen molar-refractivity contribution in [1.82, 2.24) is 0 Å². The van der Waals surface area contributed by atoms with E-state index in [4.69, 9.17) is 0 Å². The second-order valence-electron chi connectivity index (χ2n) is 9.30. The van der Waals surface area contributed by atoms with Crippen LogP contribution in [0.4, 0.5) is 0 Å². The van der Waals surface area contributed by atoms with Crippen LogP contribution in [0.5, 0.6) is 0 Å². The minimum atomic E-state index is 1.26. The molecule has 0 unspecified atom stereocenters. The third-order valence-electron chi connectivity index (χ3n) is 7.31. The summed E-state index contributed by atoms with van der Waals surface area (Å²) in [6, 6.07) is 44.6. The Bertz CT molecular complexity index is 1960. The summed E-state index contributed by atoms with van der Waals surface area (Å²) >= 11 is 3.77. The second kappa shape index (κ2) is 7.83. The fraction of sp³-hybridized carbons (Fsp3) is 0. The van der Waals surface area contributed by atoms with Gasteiger partial charge in [-0.2, -0.15) is 0 Å². The number of hydrogen-bond donors (Lipinski definition) is 0. The second-order valence-corrected chi connectivity index (χ2v) is 11.4. The van der Waals surface area contributed by atoms with Crippen LogP contribution in [-0.2, 0) is 0 Å². The molecule has 0 nitrogen and oxygen atoms in total. The van der Waals surface area contributed by atoms with E-state index < -0.39 is 0 Å². The lowest BCUT2D eigenvalue weighted by atomic mass is 9.92. The third-order valence-corrected chi connectivity index (χ3v) is 9.67. The molecule has 1 aromatic heterocycles. The van der Waals surface area contributed by atoms with Crippen LogP contribution in [0.3, 0.4) is 0 Å². The van der Waals surface area contributed by atoms with Gasteiger partial charge in [-0.15, -0.1) is 11.3 Å². The summed E-state index contributed by atoms with van der Waals surface area (Å²) in [5.74, 6) is 0. The molecule has 0 bridgehead atoms. The van der Waals surface area contributed by atoms with E-state index in [0.29, 0.717) is 0 Å². The van der Waals surface area contributed by atoms with Gasteiger partial charge in [0.25, 0.3) is 0 Å². The lowest BCUT2D eigenvalue weighted by Crippen LogP contribution is -1.94. The van der Waals surface area contributed by atoms with Gasteiger partial charge in [-0.3, -0.25) is 0 Å². The van der Waals surface area contributed by atoms with E-state index >= 15 is 0 Å². The van der Waals surface area contributed by atoms with Gasteiger partial charge in [0.05, 0.1) is 0 Å². The zero-order valence-electron chi connectivity index (χ0n) is 19.4. The van der Waals surface area contributed by atoms with Gasteiger partial charge in [0.1, 0.15) is 0 Å². The van der Waals surface area contributed by atoms with Gasteiger partial charge in [-0.1, -0.05) is 115 Å². The summed E-state index contributed by atoms with van der Waals surface area (Å²) in [5, 5.41) is 5.39. The molecule has 0 radical (unpaired) electrons. The highest BCUT2D eigenvalue weighted by molar-refractivity contribution is 7.99. The monoisotopic (exact) mass is 492 g/mol. The largest absolute Gasteiger partial charge is 0.135 e. The molecule has 0 saturated carbocycles. The van der Waals surface area contributed by atoms with Gasteiger partial charge in [-0.05, 0) is 57.0 Å². The molecule has 8 rings (SSSR count). The van der Waals surface area contributed by atoms with E-state index in [1.54, 1.807) is 0 Å². The molecule has 2 heterocycles. The molecule has 0 saturated heterocycles. The molecular weight excluding hydrogens is 473 g/mol. The maximum Gasteiger partial charge on any atom is 0.0433 e. The Morgan fingerprint density at radius 1 is 0.389 bits per heavy atom. The molecule has 36 heavy (non-hydrogen) atoms. The first kappa shape index (κ1) is 20.4. The Hall–Kier alpha value is -3.85. The summed E-state index contributed by atoms with van der Waals surface area (Å²) in [6.45, 7) is 0. The smallest absolute Gasteiger partial charge is 0.0433 e. The lowest BCUT2D eigenvalue weighted by Gasteiger charge is -2.21. The average Bonchev–Trinajstić information content (AvgIpc) is 3.33. The summed E-state index contributed by atoms with van der Waals surface area (Å²) in [4.78, 5) is 2.68. The fourth-order valence-electron chi connectivity index (χ4n) is 5.64. The maximum atomic E-state index is 2.30. The quantitative estimate of drug-likeness (QED) is 0.231. The summed E-state index contributed by atoms with van der Waals surface area (Å²) in [5.41, 5.74) is 7.81. The van der Waals surface area contributed by atoms with Crippen molar-refractivity contribution in [3.63, 3.8) is 0 Å². The number of thiophene rings is 1. The van der Waals surface area contributed by atoms with Crippen molar-refractivity contribution in [2.24, 2.45) is 0 Å². The number of rotatable bonds is 2. The van der Waals surface area contributed by atoms with Crippen LogP contribution >= 0.6 is 23.1 Å². The summed E-state index contributed by atoms with van der Waals surface area (Å²) < 4.78 is 2.71. The van der Waals surface area contributed by atoms with Gasteiger partial charge in [-0.25, -0.2) is 0 Å². The van der Waals surface area contributed by atoms with Gasteiger partial charge in [0.15, 0.2) is 0 Å². The van der Waals surface area contributed by atoms with Crippen LogP contribution in [0.25, 0.3) is 64.3 Å². The van der Waals surface area contributed by atoms with Crippen molar-refractivity contribution in [2.45, 2.75) is 9.79 Å². The van der Waals surface area contributed by atoms with Crippen LogP contribution in [0.2, 0.25) is 0 Å². The first-order valence-electron chi connectivity index (χ1n) is 12.2. The van der Waals surface area contributed by atoms with Crippen molar-refractivity contribution in [3.8, 4) is 33.4 Å². The molecule has 0 N–H and O–H groups in total. The fourth-order valence-corrected chi connectivity index (χ4v) is 8.00. The molecule has 1 aliphatic rings. The lowest BCUT2D eigenvalue weighted by molar-refractivity contribution is 1.40. The predicted molar refractivity (Wildman–Crippen MR) is 157 cm³/mol. The van der Waals surface area contributed by atoms with Crippen LogP contribution in [0, 0.1) is 0 Å². The zero-order chi connectivity index (χ0) is 23.6. The van der Waals surface area contributed by atoms with E-state index in [1.165, 1.54) is 74.1 Å². The Morgan fingerprint density at radius 2 is 1.06 bits per heavy atom. The van der Waals surface area contributed by atoms with E-state index in [-0.39, 0.29) is 0 Å². The first-order valence-corrected chi connectivity index (χ1v) is 13.8. The molecule has 2 heteroatoms. The third kappa shape index (κ3) is 2.95. The normalized spacial score (nSPS) is 12.3. The first-order chi connectivity index (χ1) is 17.8. The topological polar surface area (TPSA) is 0 Å². The minimum absolute atomic E-state index is 1.26. The van der Waals surface area contributed by atoms with Crippen LogP contribution < -0.4 is 0 Å². The Balaban J connectivity index is 1.27. The SMILES string of the molecule is c1ccc2c(c1)Sc1ccc(-c3ccc(-c4cccc5c4sc4ccccc45)cc3)c3cccc-2c13. The molecule has 168 valence electrons. The molecule has 0 aliphatic carbocycles. The Morgan fingerprint density at radius 3 is 1.94 bits per heavy atom. The predicted octanol–water partition coefficient (Wildman–Crippen LogP) is 10.7. The number of benzene rings is 6. The van der Waals surface area contributed by atoms with Gasteiger partial charge >= 0.3 is 0 Å². The van der Waals surface area contributed by atoms with Crippen molar-refractivity contribution >= 4 is 54.0 Å². The van der Waals surface area contributed by atoms with Gasteiger partial charge in [0.2, 0.25) is 0 Å². The Labute approximate surface area is 217 Å². The molecule has 0 fully saturated rings. The van der Waals surface area contributed by atoms with E-state index in [0.717, 1.165) is 0 Å². The van der Waals surface area contributed by atoms with Crippen LogP contribution in [0.1, 0.15) is 0 Å². The highest BCUT2D eigenvalue weighted by Gasteiger charge is 2.20. The molecule has 0 spiro atoms. The molecule has 6 aromatic carbocycles. The standard InChI is InChI=1S/C34H20S2/c1-3-13-30-25(7-1)28-11-6-10-27-23(19-20-32(35-30)33(27)28)21-15-17-22(18-16-21)24-9-5-12-29-26-8-2-4-14-31(26)36-34(24)29/h1-20H. The van der Waals surface area contributed by atoms with Gasteiger partial charge < -0.3 is 0 Å². The van der Waals surface area contributed by atoms with Crippen LogP contribution in [0.15, 0.2) is 131 Å². The highest BCUT2D eigenvalue weighted by Crippen LogP contribution is 2.49.